The van der Waals surface area contributed by atoms with Crippen LogP contribution in [-0.2, 0) is 4.79 Å². The van der Waals surface area contributed by atoms with Crippen LogP contribution in [0.2, 0.25) is 0 Å². The summed E-state index contributed by atoms with van der Waals surface area (Å²) in [6, 6.07) is 38.5. The zero-order valence-electron chi connectivity index (χ0n) is 23.0. The molecule has 0 saturated carbocycles. The van der Waals surface area contributed by atoms with E-state index in [1.165, 1.54) is 36.4 Å². The van der Waals surface area contributed by atoms with Crippen LogP contribution < -0.4 is 10.6 Å². The molecular weight excluding hydrogens is 539 g/mol. The fraction of sp³-hybridized carbons (Fsp3) is 0. The minimum atomic E-state index is -0.577. The number of hydrogen-bond acceptors (Lipinski definition) is 3. The predicted octanol–water partition coefficient (Wildman–Crippen LogP) is 7.80. The molecule has 0 bridgehead atoms. The molecule has 2 amide bonds. The van der Waals surface area contributed by atoms with E-state index in [0.29, 0.717) is 22.4 Å². The van der Waals surface area contributed by atoms with E-state index in [1.807, 2.05) is 54.6 Å². The molecule has 0 radical (unpaired) electrons. The number of benzene rings is 5. The van der Waals surface area contributed by atoms with Crippen molar-refractivity contribution in [2.75, 3.05) is 5.32 Å². The summed E-state index contributed by atoms with van der Waals surface area (Å²) in [4.78, 5) is 38.8. The van der Waals surface area contributed by atoms with Gasteiger partial charge >= 0.3 is 0 Å². The summed E-state index contributed by atoms with van der Waals surface area (Å²) in [6.45, 7) is 0. The number of rotatable bonds is 9. The van der Waals surface area contributed by atoms with Gasteiger partial charge in [0.2, 0.25) is 0 Å². The molecule has 0 saturated heterocycles. The van der Waals surface area contributed by atoms with Crippen molar-refractivity contribution in [3.05, 3.63) is 173 Å². The van der Waals surface area contributed by atoms with Crippen LogP contribution in [0.25, 0.3) is 23.3 Å². The molecule has 0 aromatic heterocycles. The molecule has 43 heavy (non-hydrogen) atoms. The quantitative estimate of drug-likeness (QED) is 0.141. The molecule has 5 aromatic rings. The zero-order chi connectivity index (χ0) is 30.0. The number of allylic oxidation sites excluding steroid dienone is 1. The van der Waals surface area contributed by atoms with Crippen molar-refractivity contribution in [2.45, 2.75) is 0 Å². The molecule has 0 unspecified atom stereocenters. The van der Waals surface area contributed by atoms with Crippen LogP contribution in [-0.4, -0.2) is 17.6 Å². The molecular formula is C37H27FN2O3. The average molecular weight is 567 g/mol. The molecule has 5 nitrogen and oxygen atoms in total. The van der Waals surface area contributed by atoms with Gasteiger partial charge in [0.1, 0.15) is 11.5 Å². The molecule has 210 valence electrons. The van der Waals surface area contributed by atoms with Crippen LogP contribution >= 0.6 is 0 Å². The van der Waals surface area contributed by atoms with Gasteiger partial charge in [-0.15, -0.1) is 0 Å². The Bertz CT molecular complexity index is 1780. The number of carbonyl (C=O) groups is 3. The lowest BCUT2D eigenvalue weighted by Crippen LogP contribution is -2.30. The molecule has 6 heteroatoms. The second-order valence-electron chi connectivity index (χ2n) is 9.65. The Morgan fingerprint density at radius 3 is 1.81 bits per heavy atom. The topological polar surface area (TPSA) is 75.3 Å². The minimum absolute atomic E-state index is 0.0261. The van der Waals surface area contributed by atoms with E-state index in [4.69, 9.17) is 0 Å². The molecule has 0 aliphatic heterocycles. The molecule has 0 aliphatic carbocycles. The second-order valence-corrected chi connectivity index (χ2v) is 9.65. The van der Waals surface area contributed by atoms with Gasteiger partial charge in [-0.2, -0.15) is 0 Å². The van der Waals surface area contributed by atoms with Crippen molar-refractivity contribution in [3.8, 4) is 11.1 Å². The van der Waals surface area contributed by atoms with Gasteiger partial charge in [0.25, 0.3) is 11.8 Å². The van der Waals surface area contributed by atoms with E-state index in [1.54, 1.807) is 60.7 Å². The summed E-state index contributed by atoms with van der Waals surface area (Å²) in [5, 5.41) is 5.39. The van der Waals surface area contributed by atoms with Crippen LogP contribution in [0.3, 0.4) is 0 Å². The fourth-order valence-corrected chi connectivity index (χ4v) is 4.27. The van der Waals surface area contributed by atoms with E-state index < -0.39 is 17.6 Å². The summed E-state index contributed by atoms with van der Waals surface area (Å²) in [5.74, 6) is -1.64. The van der Waals surface area contributed by atoms with Crippen molar-refractivity contribution in [2.24, 2.45) is 0 Å². The SMILES string of the molecule is O=C(Nc1ccc(C(=O)/C=C/c2ccc(-c3ccccc3)cc2)cc1)/C(=C/c1ccc(F)cc1)NC(=O)c1ccccc1. The first-order valence-electron chi connectivity index (χ1n) is 13.6. The summed E-state index contributed by atoms with van der Waals surface area (Å²) in [7, 11) is 0. The summed E-state index contributed by atoms with van der Waals surface area (Å²) < 4.78 is 13.4. The monoisotopic (exact) mass is 566 g/mol. The van der Waals surface area contributed by atoms with Crippen LogP contribution in [0.4, 0.5) is 10.1 Å². The lowest BCUT2D eigenvalue weighted by atomic mass is 10.0. The van der Waals surface area contributed by atoms with E-state index in [-0.39, 0.29) is 11.5 Å². The Kier molecular flexibility index (Phi) is 9.10. The van der Waals surface area contributed by atoms with E-state index in [9.17, 15) is 18.8 Å². The van der Waals surface area contributed by atoms with Crippen molar-refractivity contribution >= 4 is 35.4 Å². The molecule has 0 aliphatic rings. The highest BCUT2D eigenvalue weighted by Crippen LogP contribution is 2.20. The Morgan fingerprint density at radius 2 is 1.16 bits per heavy atom. The first kappa shape index (κ1) is 28.6. The molecule has 0 fully saturated rings. The van der Waals surface area contributed by atoms with Gasteiger partial charge in [-0.1, -0.05) is 91.0 Å². The lowest BCUT2D eigenvalue weighted by molar-refractivity contribution is -0.113. The lowest BCUT2D eigenvalue weighted by Gasteiger charge is -2.12. The van der Waals surface area contributed by atoms with Crippen LogP contribution in [0, 0.1) is 5.82 Å². The number of halogens is 1. The van der Waals surface area contributed by atoms with Crippen LogP contribution in [0.5, 0.6) is 0 Å². The molecule has 0 heterocycles. The zero-order valence-corrected chi connectivity index (χ0v) is 23.0. The standard InChI is InChI=1S/C37H27FN2O3/c38-32-20-13-27(14-21-32)25-34(40-36(42)31-9-5-2-6-10-31)37(43)39-33-22-18-30(19-23-33)35(41)24-15-26-11-16-29(17-12-26)28-7-3-1-4-8-28/h1-25H,(H,39,43)(H,40,42)/b24-15+,34-25-. The van der Waals surface area contributed by atoms with Gasteiger partial charge in [-0.25, -0.2) is 4.39 Å². The number of hydrogen-bond donors (Lipinski definition) is 2. The summed E-state index contributed by atoms with van der Waals surface area (Å²) in [5.41, 5.74) is 4.88. The minimum Gasteiger partial charge on any atom is -0.321 e. The van der Waals surface area contributed by atoms with Gasteiger partial charge in [-0.05, 0) is 82.9 Å². The third-order valence-corrected chi connectivity index (χ3v) is 6.58. The maximum Gasteiger partial charge on any atom is 0.272 e. The number of ketones is 1. The molecule has 0 atom stereocenters. The number of nitrogens with one attached hydrogen (secondary N) is 2. The Labute approximate surface area is 249 Å². The molecule has 5 rings (SSSR count). The van der Waals surface area contributed by atoms with E-state index in [0.717, 1.165) is 16.7 Å². The van der Waals surface area contributed by atoms with Crippen molar-refractivity contribution < 1.29 is 18.8 Å². The van der Waals surface area contributed by atoms with Gasteiger partial charge in [-0.3, -0.25) is 14.4 Å². The van der Waals surface area contributed by atoms with Crippen LogP contribution in [0.15, 0.2) is 145 Å². The average Bonchev–Trinajstić information content (AvgIpc) is 3.05. The Hall–Kier alpha value is -5.88. The van der Waals surface area contributed by atoms with E-state index >= 15 is 0 Å². The van der Waals surface area contributed by atoms with Gasteiger partial charge in [0.05, 0.1) is 0 Å². The van der Waals surface area contributed by atoms with Crippen molar-refractivity contribution in [1.82, 2.24) is 5.32 Å². The highest BCUT2D eigenvalue weighted by molar-refractivity contribution is 6.11. The normalized spacial score (nSPS) is 11.2. The molecule has 5 aromatic carbocycles. The van der Waals surface area contributed by atoms with Gasteiger partial charge < -0.3 is 10.6 Å². The second kappa shape index (κ2) is 13.7. The smallest absolute Gasteiger partial charge is 0.272 e. The van der Waals surface area contributed by atoms with Gasteiger partial charge in [0, 0.05) is 16.8 Å². The number of anilines is 1. The first-order chi connectivity index (χ1) is 20.9. The largest absolute Gasteiger partial charge is 0.321 e. The van der Waals surface area contributed by atoms with E-state index in [2.05, 4.69) is 10.6 Å². The maximum atomic E-state index is 13.4. The highest BCUT2D eigenvalue weighted by Gasteiger charge is 2.15. The van der Waals surface area contributed by atoms with Gasteiger partial charge in [0.15, 0.2) is 5.78 Å². The number of amides is 2. The first-order valence-corrected chi connectivity index (χ1v) is 13.6. The fourth-order valence-electron chi connectivity index (χ4n) is 4.27. The third kappa shape index (κ3) is 7.86. The summed E-state index contributed by atoms with van der Waals surface area (Å²) in [6.07, 6.45) is 4.73. The van der Waals surface area contributed by atoms with Crippen molar-refractivity contribution in [1.29, 1.82) is 0 Å². The third-order valence-electron chi connectivity index (χ3n) is 6.58. The Balaban J connectivity index is 1.25. The predicted molar refractivity (Wildman–Crippen MR) is 169 cm³/mol. The number of carbonyl (C=O) groups excluding carboxylic acids is 3. The molecule has 0 spiro atoms. The highest BCUT2D eigenvalue weighted by atomic mass is 19.1. The summed E-state index contributed by atoms with van der Waals surface area (Å²) >= 11 is 0. The maximum absolute atomic E-state index is 13.4. The van der Waals surface area contributed by atoms with Crippen molar-refractivity contribution in [3.63, 3.8) is 0 Å². The Morgan fingerprint density at radius 1 is 0.581 bits per heavy atom. The molecule has 2 N–H and O–H groups in total. The van der Waals surface area contributed by atoms with Crippen LogP contribution in [0.1, 0.15) is 31.8 Å².